The molecule has 18 heavy (non-hydrogen) atoms. The lowest BCUT2D eigenvalue weighted by molar-refractivity contribution is 0.132. The first-order valence-electron chi connectivity index (χ1n) is 6.77. The molecular weight excluding hydrogens is 310 g/mol. The summed E-state index contributed by atoms with van der Waals surface area (Å²) in [5.74, 6) is 0. The minimum atomic E-state index is 0.276. The smallest absolute Gasteiger partial charge is 0.0322 e. The standard InChI is InChI=1S/C15H21BrClN/c1-12(17)9-15-7-2-3-8-18(15)11-13-5-4-6-14(16)10-13/h4-6,10,12,15H,2-3,7-9,11H2,1H3. The maximum Gasteiger partial charge on any atom is 0.0322 e. The summed E-state index contributed by atoms with van der Waals surface area (Å²) in [5.41, 5.74) is 1.39. The monoisotopic (exact) mass is 329 g/mol. The van der Waals surface area contributed by atoms with E-state index in [1.165, 1.54) is 35.8 Å². The molecule has 1 aromatic rings. The minimum absolute atomic E-state index is 0.276. The van der Waals surface area contributed by atoms with E-state index >= 15 is 0 Å². The first-order valence-corrected chi connectivity index (χ1v) is 8.00. The second kappa shape index (κ2) is 6.93. The lowest BCUT2D eigenvalue weighted by Crippen LogP contribution is -2.40. The molecule has 0 aliphatic carbocycles. The van der Waals surface area contributed by atoms with Crippen molar-refractivity contribution in [3.63, 3.8) is 0 Å². The summed E-state index contributed by atoms with van der Waals surface area (Å²) in [4.78, 5) is 2.60. The fourth-order valence-electron chi connectivity index (χ4n) is 2.78. The Hall–Kier alpha value is -0.0500. The van der Waals surface area contributed by atoms with Gasteiger partial charge >= 0.3 is 0 Å². The highest BCUT2D eigenvalue weighted by Gasteiger charge is 2.23. The third-order valence-corrected chi connectivity index (χ3v) is 4.29. The van der Waals surface area contributed by atoms with Crippen LogP contribution in [0.2, 0.25) is 0 Å². The van der Waals surface area contributed by atoms with Gasteiger partial charge in [0.1, 0.15) is 0 Å². The van der Waals surface area contributed by atoms with E-state index < -0.39 is 0 Å². The predicted octanol–water partition coefficient (Wildman–Crippen LogP) is 4.82. The minimum Gasteiger partial charge on any atom is -0.296 e. The molecule has 0 bridgehead atoms. The molecule has 3 heteroatoms. The molecule has 1 saturated heterocycles. The number of piperidine rings is 1. The average Bonchev–Trinajstić information content (AvgIpc) is 2.31. The van der Waals surface area contributed by atoms with Crippen molar-refractivity contribution in [1.82, 2.24) is 4.90 Å². The molecule has 1 aromatic carbocycles. The molecule has 0 spiro atoms. The number of benzene rings is 1. The molecule has 0 N–H and O–H groups in total. The van der Waals surface area contributed by atoms with E-state index in [2.05, 4.69) is 52.0 Å². The van der Waals surface area contributed by atoms with Crippen LogP contribution in [-0.4, -0.2) is 22.9 Å². The molecule has 1 aliphatic heterocycles. The molecule has 1 aliphatic rings. The van der Waals surface area contributed by atoms with Crippen LogP contribution < -0.4 is 0 Å². The SMILES string of the molecule is CC(Cl)CC1CCCCN1Cc1cccc(Br)c1. The van der Waals surface area contributed by atoms with Crippen LogP contribution in [-0.2, 0) is 6.54 Å². The quantitative estimate of drug-likeness (QED) is 0.715. The average molecular weight is 331 g/mol. The first kappa shape index (κ1) is 14.4. The fraction of sp³-hybridized carbons (Fsp3) is 0.600. The Morgan fingerprint density at radius 1 is 1.44 bits per heavy atom. The van der Waals surface area contributed by atoms with E-state index in [-0.39, 0.29) is 5.38 Å². The van der Waals surface area contributed by atoms with Crippen LogP contribution in [0.3, 0.4) is 0 Å². The Kier molecular flexibility index (Phi) is 5.53. The fourth-order valence-corrected chi connectivity index (χ4v) is 3.43. The number of halogens is 2. The van der Waals surface area contributed by atoms with Crippen LogP contribution >= 0.6 is 27.5 Å². The maximum atomic E-state index is 6.17. The summed E-state index contributed by atoms with van der Waals surface area (Å²) in [6.07, 6.45) is 5.07. The predicted molar refractivity (Wildman–Crippen MR) is 82.1 cm³/mol. The zero-order chi connectivity index (χ0) is 13.0. The Labute approximate surface area is 124 Å². The van der Waals surface area contributed by atoms with Crippen molar-refractivity contribution in [2.45, 2.75) is 50.6 Å². The van der Waals surface area contributed by atoms with Gasteiger partial charge in [-0.15, -0.1) is 11.6 Å². The second-order valence-electron chi connectivity index (χ2n) is 5.27. The Morgan fingerprint density at radius 3 is 3.00 bits per heavy atom. The summed E-state index contributed by atoms with van der Waals surface area (Å²) < 4.78 is 1.17. The number of nitrogens with zero attached hydrogens (tertiary/aromatic N) is 1. The highest BCUT2D eigenvalue weighted by molar-refractivity contribution is 9.10. The van der Waals surface area contributed by atoms with Crippen molar-refractivity contribution in [2.75, 3.05) is 6.54 Å². The summed E-state index contributed by atoms with van der Waals surface area (Å²) >= 11 is 9.71. The maximum absolute atomic E-state index is 6.17. The molecule has 1 nitrogen and oxygen atoms in total. The van der Waals surface area contributed by atoms with Gasteiger partial charge in [-0.1, -0.05) is 34.5 Å². The Morgan fingerprint density at radius 2 is 2.28 bits per heavy atom. The molecule has 2 unspecified atom stereocenters. The van der Waals surface area contributed by atoms with Gasteiger partial charge < -0.3 is 0 Å². The van der Waals surface area contributed by atoms with Crippen LogP contribution in [0.4, 0.5) is 0 Å². The van der Waals surface area contributed by atoms with Crippen molar-refractivity contribution < 1.29 is 0 Å². The van der Waals surface area contributed by atoms with Crippen LogP contribution in [0.5, 0.6) is 0 Å². The van der Waals surface area contributed by atoms with Gasteiger partial charge in [-0.05, 0) is 50.4 Å². The lowest BCUT2D eigenvalue weighted by atomic mass is 9.97. The van der Waals surface area contributed by atoms with Crippen LogP contribution in [0, 0.1) is 0 Å². The van der Waals surface area contributed by atoms with Gasteiger partial charge in [0.2, 0.25) is 0 Å². The molecule has 2 rings (SSSR count). The van der Waals surface area contributed by atoms with Gasteiger partial charge in [-0.2, -0.15) is 0 Å². The molecule has 0 aromatic heterocycles. The molecule has 1 heterocycles. The second-order valence-corrected chi connectivity index (χ2v) is 6.93. The number of alkyl halides is 1. The van der Waals surface area contributed by atoms with E-state index in [0.29, 0.717) is 6.04 Å². The van der Waals surface area contributed by atoms with E-state index in [1.54, 1.807) is 0 Å². The molecule has 100 valence electrons. The highest BCUT2D eigenvalue weighted by atomic mass is 79.9. The van der Waals surface area contributed by atoms with Gasteiger partial charge in [-0.3, -0.25) is 4.90 Å². The van der Waals surface area contributed by atoms with Gasteiger partial charge in [0.15, 0.2) is 0 Å². The van der Waals surface area contributed by atoms with E-state index in [4.69, 9.17) is 11.6 Å². The third kappa shape index (κ3) is 4.25. The topological polar surface area (TPSA) is 3.24 Å². The van der Waals surface area contributed by atoms with Gasteiger partial charge in [0, 0.05) is 22.4 Å². The van der Waals surface area contributed by atoms with E-state index in [0.717, 1.165) is 13.0 Å². The van der Waals surface area contributed by atoms with Crippen molar-refractivity contribution in [3.8, 4) is 0 Å². The molecule has 1 fully saturated rings. The zero-order valence-corrected chi connectivity index (χ0v) is 13.3. The van der Waals surface area contributed by atoms with Gasteiger partial charge in [0.25, 0.3) is 0 Å². The van der Waals surface area contributed by atoms with Gasteiger partial charge in [-0.25, -0.2) is 0 Å². The van der Waals surface area contributed by atoms with Crippen molar-refractivity contribution in [1.29, 1.82) is 0 Å². The number of rotatable bonds is 4. The third-order valence-electron chi connectivity index (χ3n) is 3.62. The number of likely N-dealkylation sites (tertiary alicyclic amines) is 1. The molecular formula is C15H21BrClN. The van der Waals surface area contributed by atoms with Crippen molar-refractivity contribution >= 4 is 27.5 Å². The summed E-state index contributed by atoms with van der Waals surface area (Å²) in [7, 11) is 0. The van der Waals surface area contributed by atoms with Crippen LogP contribution in [0.1, 0.15) is 38.2 Å². The summed E-state index contributed by atoms with van der Waals surface area (Å²) in [6.45, 7) is 4.36. The lowest BCUT2D eigenvalue weighted by Gasteiger charge is -2.36. The van der Waals surface area contributed by atoms with Crippen molar-refractivity contribution in [2.24, 2.45) is 0 Å². The number of hydrogen-bond donors (Lipinski definition) is 0. The van der Waals surface area contributed by atoms with Crippen molar-refractivity contribution in [3.05, 3.63) is 34.3 Å². The van der Waals surface area contributed by atoms with Gasteiger partial charge in [0.05, 0.1) is 0 Å². The van der Waals surface area contributed by atoms with E-state index in [9.17, 15) is 0 Å². The molecule has 0 saturated carbocycles. The Bertz CT molecular complexity index is 381. The number of hydrogen-bond acceptors (Lipinski definition) is 1. The Balaban J connectivity index is 2.00. The highest BCUT2D eigenvalue weighted by Crippen LogP contribution is 2.25. The molecule has 2 atom stereocenters. The molecule has 0 amide bonds. The van der Waals surface area contributed by atoms with Crippen LogP contribution in [0.15, 0.2) is 28.7 Å². The normalized spacial score (nSPS) is 22.9. The largest absolute Gasteiger partial charge is 0.296 e. The summed E-state index contributed by atoms with van der Waals surface area (Å²) in [6, 6.07) is 9.28. The van der Waals surface area contributed by atoms with Crippen LogP contribution in [0.25, 0.3) is 0 Å². The summed E-state index contributed by atoms with van der Waals surface area (Å²) in [5, 5.41) is 0.276. The first-order chi connectivity index (χ1) is 8.65. The molecule has 0 radical (unpaired) electrons. The zero-order valence-electron chi connectivity index (χ0n) is 10.9. The van der Waals surface area contributed by atoms with E-state index in [1.807, 2.05) is 0 Å².